The molecular formula is C17H25N3O. The number of nitrogens with one attached hydrogen (secondary N) is 2. The highest BCUT2D eigenvalue weighted by atomic mass is 16.1. The van der Waals surface area contributed by atoms with Crippen LogP contribution in [-0.4, -0.2) is 43.5 Å². The Morgan fingerprint density at radius 3 is 2.76 bits per heavy atom. The molecule has 1 aliphatic heterocycles. The van der Waals surface area contributed by atoms with Gasteiger partial charge in [0.1, 0.15) is 0 Å². The summed E-state index contributed by atoms with van der Waals surface area (Å²) in [5.41, 5.74) is 3.00. The topological polar surface area (TPSA) is 44.4 Å². The lowest BCUT2D eigenvalue weighted by Gasteiger charge is -2.33. The molecule has 0 radical (unpaired) electrons. The third-order valence-electron chi connectivity index (χ3n) is 4.80. The number of rotatable bonds is 4. The molecule has 1 aromatic carbocycles. The summed E-state index contributed by atoms with van der Waals surface area (Å²) in [6, 6.07) is 9.91. The van der Waals surface area contributed by atoms with Gasteiger partial charge in [0.15, 0.2) is 0 Å². The van der Waals surface area contributed by atoms with Crippen LogP contribution in [0.1, 0.15) is 36.4 Å². The predicted molar refractivity (Wildman–Crippen MR) is 84.2 cm³/mol. The van der Waals surface area contributed by atoms with Crippen molar-refractivity contribution in [2.24, 2.45) is 0 Å². The molecule has 2 N–H and O–H groups in total. The van der Waals surface area contributed by atoms with Crippen molar-refractivity contribution in [1.29, 1.82) is 0 Å². The molecule has 4 nitrogen and oxygen atoms in total. The van der Waals surface area contributed by atoms with E-state index >= 15 is 0 Å². The van der Waals surface area contributed by atoms with Crippen LogP contribution in [0.25, 0.3) is 0 Å². The van der Waals surface area contributed by atoms with E-state index < -0.39 is 0 Å². The lowest BCUT2D eigenvalue weighted by atomic mass is 10.0. The zero-order valence-corrected chi connectivity index (χ0v) is 12.8. The van der Waals surface area contributed by atoms with E-state index in [1.165, 1.54) is 24.0 Å². The van der Waals surface area contributed by atoms with E-state index in [1.807, 2.05) is 0 Å². The number of amides is 1. The fourth-order valence-electron chi connectivity index (χ4n) is 3.55. The summed E-state index contributed by atoms with van der Waals surface area (Å²) in [5.74, 6) is 0.117. The molecule has 0 saturated carbocycles. The molecular weight excluding hydrogens is 262 g/mol. The first-order valence-corrected chi connectivity index (χ1v) is 8.03. The Bertz CT molecular complexity index is 495. The van der Waals surface area contributed by atoms with Gasteiger partial charge in [-0.1, -0.05) is 24.3 Å². The molecule has 21 heavy (non-hydrogen) atoms. The molecule has 2 aliphatic rings. The standard InChI is InChI=1S/C17H25N3O/c1-18-17(21)12-20-10-8-14(9-11-20)19-16-7-6-13-4-2-3-5-15(13)16/h2-5,14,16,19H,6-12H2,1H3,(H,18,21). The first-order chi connectivity index (χ1) is 10.3. The van der Waals surface area contributed by atoms with Crippen LogP contribution >= 0.6 is 0 Å². The van der Waals surface area contributed by atoms with Crippen LogP contribution < -0.4 is 10.6 Å². The fourth-order valence-corrected chi connectivity index (χ4v) is 3.55. The van der Waals surface area contributed by atoms with Crippen molar-refractivity contribution >= 4 is 5.91 Å². The van der Waals surface area contributed by atoms with Gasteiger partial charge in [-0.15, -0.1) is 0 Å². The Morgan fingerprint density at radius 1 is 1.24 bits per heavy atom. The molecule has 4 heteroatoms. The largest absolute Gasteiger partial charge is 0.358 e. The molecule has 1 fully saturated rings. The van der Waals surface area contributed by atoms with Crippen molar-refractivity contribution in [3.8, 4) is 0 Å². The number of fused-ring (bicyclic) bond motifs is 1. The van der Waals surface area contributed by atoms with Crippen LogP contribution in [0.2, 0.25) is 0 Å². The minimum Gasteiger partial charge on any atom is -0.358 e. The molecule has 114 valence electrons. The molecule has 1 unspecified atom stereocenters. The van der Waals surface area contributed by atoms with Crippen molar-refractivity contribution in [2.45, 2.75) is 37.8 Å². The number of nitrogens with zero attached hydrogens (tertiary/aromatic N) is 1. The lowest BCUT2D eigenvalue weighted by molar-refractivity contribution is -0.122. The van der Waals surface area contributed by atoms with Crippen molar-refractivity contribution in [1.82, 2.24) is 15.5 Å². The van der Waals surface area contributed by atoms with Gasteiger partial charge in [0.2, 0.25) is 5.91 Å². The Hall–Kier alpha value is -1.39. The Labute approximate surface area is 126 Å². The number of benzene rings is 1. The lowest BCUT2D eigenvalue weighted by Crippen LogP contribution is -2.46. The van der Waals surface area contributed by atoms with E-state index in [-0.39, 0.29) is 5.91 Å². The number of carbonyl (C=O) groups is 1. The van der Waals surface area contributed by atoms with E-state index in [0.717, 1.165) is 25.9 Å². The van der Waals surface area contributed by atoms with Crippen LogP contribution in [-0.2, 0) is 11.2 Å². The third kappa shape index (κ3) is 3.44. The highest BCUT2D eigenvalue weighted by Gasteiger charge is 2.26. The third-order valence-corrected chi connectivity index (χ3v) is 4.80. The number of hydrogen-bond donors (Lipinski definition) is 2. The molecule has 1 amide bonds. The molecule has 1 heterocycles. The van der Waals surface area contributed by atoms with Gasteiger partial charge in [-0.2, -0.15) is 0 Å². The van der Waals surface area contributed by atoms with Crippen LogP contribution in [0.3, 0.4) is 0 Å². The Kier molecular flexibility index (Phi) is 4.56. The van der Waals surface area contributed by atoms with Crippen LogP contribution in [0.15, 0.2) is 24.3 Å². The maximum Gasteiger partial charge on any atom is 0.233 e. The summed E-state index contributed by atoms with van der Waals surface area (Å²) < 4.78 is 0. The zero-order valence-electron chi connectivity index (χ0n) is 12.8. The zero-order chi connectivity index (χ0) is 14.7. The molecule has 0 spiro atoms. The summed E-state index contributed by atoms with van der Waals surface area (Å²) in [6.07, 6.45) is 4.69. The summed E-state index contributed by atoms with van der Waals surface area (Å²) in [5, 5.41) is 6.53. The normalized spacial score (nSPS) is 23.0. The highest BCUT2D eigenvalue weighted by Crippen LogP contribution is 2.31. The summed E-state index contributed by atoms with van der Waals surface area (Å²) in [7, 11) is 1.70. The quantitative estimate of drug-likeness (QED) is 0.881. The van der Waals surface area contributed by atoms with Gasteiger partial charge >= 0.3 is 0 Å². The predicted octanol–water partition coefficient (Wildman–Crippen LogP) is 1.47. The average Bonchev–Trinajstić information content (AvgIpc) is 2.92. The monoisotopic (exact) mass is 287 g/mol. The molecule has 0 bridgehead atoms. The van der Waals surface area contributed by atoms with E-state index in [0.29, 0.717) is 18.6 Å². The minimum atomic E-state index is 0.117. The Balaban J connectivity index is 1.49. The van der Waals surface area contributed by atoms with Crippen molar-refractivity contribution < 1.29 is 4.79 Å². The molecule has 0 aromatic heterocycles. The smallest absolute Gasteiger partial charge is 0.233 e. The van der Waals surface area contributed by atoms with E-state index in [2.05, 4.69) is 39.8 Å². The van der Waals surface area contributed by atoms with Gasteiger partial charge in [0.05, 0.1) is 6.54 Å². The summed E-state index contributed by atoms with van der Waals surface area (Å²) >= 11 is 0. The number of piperidine rings is 1. The molecule has 1 aromatic rings. The average molecular weight is 287 g/mol. The first kappa shape index (κ1) is 14.5. The second kappa shape index (κ2) is 6.58. The molecule has 1 saturated heterocycles. The summed E-state index contributed by atoms with van der Waals surface area (Å²) in [4.78, 5) is 13.7. The SMILES string of the molecule is CNC(=O)CN1CCC(NC2CCc3ccccc32)CC1. The summed E-state index contributed by atoms with van der Waals surface area (Å²) in [6.45, 7) is 2.56. The fraction of sp³-hybridized carbons (Fsp3) is 0.588. The molecule has 1 aliphatic carbocycles. The Morgan fingerprint density at radius 2 is 2.00 bits per heavy atom. The second-order valence-electron chi connectivity index (χ2n) is 6.18. The van der Waals surface area contributed by atoms with E-state index in [9.17, 15) is 4.79 Å². The van der Waals surface area contributed by atoms with Gasteiger partial charge in [-0.3, -0.25) is 9.69 Å². The number of likely N-dealkylation sites (tertiary alicyclic amines) is 1. The van der Waals surface area contributed by atoms with Gasteiger partial charge < -0.3 is 10.6 Å². The first-order valence-electron chi connectivity index (χ1n) is 8.03. The van der Waals surface area contributed by atoms with Crippen LogP contribution in [0, 0.1) is 0 Å². The number of carbonyl (C=O) groups excluding carboxylic acids is 1. The number of likely N-dealkylation sites (N-methyl/N-ethyl adjacent to an activating group) is 1. The van der Waals surface area contributed by atoms with E-state index in [1.54, 1.807) is 7.05 Å². The van der Waals surface area contributed by atoms with Crippen LogP contribution in [0.5, 0.6) is 0 Å². The maximum absolute atomic E-state index is 11.4. The highest BCUT2D eigenvalue weighted by molar-refractivity contribution is 5.77. The number of hydrogen-bond acceptors (Lipinski definition) is 3. The minimum absolute atomic E-state index is 0.117. The van der Waals surface area contributed by atoms with Crippen molar-refractivity contribution in [2.75, 3.05) is 26.7 Å². The number of aryl methyl sites for hydroxylation is 1. The van der Waals surface area contributed by atoms with E-state index in [4.69, 9.17) is 0 Å². The van der Waals surface area contributed by atoms with Crippen molar-refractivity contribution in [3.63, 3.8) is 0 Å². The second-order valence-corrected chi connectivity index (χ2v) is 6.18. The van der Waals surface area contributed by atoms with Gasteiger partial charge in [-0.05, 0) is 36.8 Å². The van der Waals surface area contributed by atoms with Gasteiger partial charge in [0.25, 0.3) is 0 Å². The van der Waals surface area contributed by atoms with Crippen molar-refractivity contribution in [3.05, 3.63) is 35.4 Å². The van der Waals surface area contributed by atoms with Gasteiger partial charge in [0, 0.05) is 32.2 Å². The maximum atomic E-state index is 11.4. The molecule has 1 atom stereocenters. The molecule has 3 rings (SSSR count). The van der Waals surface area contributed by atoms with Crippen LogP contribution in [0.4, 0.5) is 0 Å². The van der Waals surface area contributed by atoms with Gasteiger partial charge in [-0.25, -0.2) is 0 Å².